The number of allylic oxidation sites excluding steroid dienone is 1. The van der Waals surface area contributed by atoms with E-state index < -0.39 is 0 Å². The molecule has 4 heteroatoms. The number of nitrogens with zero attached hydrogens (tertiary/aromatic N) is 2. The number of ketones is 1. The fraction of sp³-hybridized carbons (Fsp3) is 0.200. The van der Waals surface area contributed by atoms with Crippen molar-refractivity contribution < 1.29 is 4.79 Å². The van der Waals surface area contributed by atoms with Gasteiger partial charge in [-0.1, -0.05) is 61.3 Å². The number of aryl methyl sites for hydroxylation is 1. The van der Waals surface area contributed by atoms with Crippen LogP contribution < -0.4 is 0 Å². The smallest absolute Gasteiger partial charge is 0.185 e. The van der Waals surface area contributed by atoms with Crippen LogP contribution in [0.25, 0.3) is 27.6 Å². The Morgan fingerprint density at radius 2 is 1.72 bits per heavy atom. The first kappa shape index (κ1) is 19.4. The molecule has 3 nitrogen and oxygen atoms in total. The van der Waals surface area contributed by atoms with Gasteiger partial charge in [-0.25, -0.2) is 4.98 Å². The molecule has 29 heavy (non-hydrogen) atoms. The number of halogens is 1. The average Bonchev–Trinajstić information content (AvgIpc) is 3.01. The number of hydrogen-bond donors (Lipinski definition) is 0. The highest BCUT2D eigenvalue weighted by atomic mass is 35.5. The zero-order valence-electron chi connectivity index (χ0n) is 16.7. The van der Waals surface area contributed by atoms with E-state index in [-0.39, 0.29) is 5.78 Å². The van der Waals surface area contributed by atoms with Crippen LogP contribution in [0.2, 0.25) is 5.15 Å². The van der Waals surface area contributed by atoms with Gasteiger partial charge in [0.25, 0.3) is 0 Å². The third kappa shape index (κ3) is 3.96. The monoisotopic (exact) mass is 402 g/mol. The largest absolute Gasteiger partial charge is 0.330 e. The molecule has 0 fully saturated rings. The molecule has 3 aromatic carbocycles. The zero-order chi connectivity index (χ0) is 20.4. The predicted octanol–water partition coefficient (Wildman–Crippen LogP) is 6.62. The second-order valence-electron chi connectivity index (χ2n) is 7.33. The minimum absolute atomic E-state index is 0.0487. The van der Waals surface area contributed by atoms with E-state index in [1.807, 2.05) is 41.9 Å². The van der Waals surface area contributed by atoms with Crippen LogP contribution in [0.1, 0.15) is 41.6 Å². The topological polar surface area (TPSA) is 34.9 Å². The van der Waals surface area contributed by atoms with E-state index in [0.717, 1.165) is 41.6 Å². The van der Waals surface area contributed by atoms with E-state index in [0.29, 0.717) is 10.7 Å². The van der Waals surface area contributed by atoms with Crippen LogP contribution in [0, 0.1) is 0 Å². The molecule has 0 N–H and O–H groups in total. The minimum atomic E-state index is -0.0487. The Morgan fingerprint density at radius 3 is 2.45 bits per heavy atom. The molecule has 0 spiro atoms. The fourth-order valence-electron chi connectivity index (χ4n) is 3.61. The van der Waals surface area contributed by atoms with E-state index in [2.05, 4.69) is 36.2 Å². The number of aromatic nitrogens is 2. The maximum Gasteiger partial charge on any atom is 0.185 e. The Kier molecular flexibility index (Phi) is 5.50. The number of carbonyl (C=O) groups excluding carboxylic acids is 1. The first-order valence-electron chi connectivity index (χ1n) is 9.93. The summed E-state index contributed by atoms with van der Waals surface area (Å²) in [6.45, 7) is 2.15. The van der Waals surface area contributed by atoms with Gasteiger partial charge in [-0.2, -0.15) is 0 Å². The van der Waals surface area contributed by atoms with Gasteiger partial charge in [0.05, 0.1) is 5.69 Å². The Bertz CT molecular complexity index is 1240. The number of unbranched alkanes of at least 4 members (excludes halogenated alkanes) is 1. The van der Waals surface area contributed by atoms with Crippen molar-refractivity contribution in [3.63, 3.8) is 0 Å². The van der Waals surface area contributed by atoms with Crippen LogP contribution >= 0.6 is 11.6 Å². The van der Waals surface area contributed by atoms with Crippen molar-refractivity contribution >= 4 is 45.0 Å². The molecule has 1 aromatic heterocycles. The molecule has 0 aliphatic rings. The highest BCUT2D eigenvalue weighted by molar-refractivity contribution is 6.31. The van der Waals surface area contributed by atoms with Gasteiger partial charge >= 0.3 is 0 Å². The number of imidazole rings is 1. The van der Waals surface area contributed by atoms with E-state index in [1.165, 1.54) is 10.8 Å². The summed E-state index contributed by atoms with van der Waals surface area (Å²) in [7, 11) is 1.94. The van der Waals surface area contributed by atoms with E-state index in [1.54, 1.807) is 12.2 Å². The van der Waals surface area contributed by atoms with Crippen LogP contribution in [0.3, 0.4) is 0 Å². The molecule has 0 saturated heterocycles. The summed E-state index contributed by atoms with van der Waals surface area (Å²) in [6.07, 6.45) is 6.39. The van der Waals surface area contributed by atoms with Gasteiger partial charge in [-0.3, -0.25) is 4.79 Å². The maximum absolute atomic E-state index is 12.8. The molecule has 146 valence electrons. The Morgan fingerprint density at radius 1 is 1.03 bits per heavy atom. The Labute approximate surface area is 175 Å². The van der Waals surface area contributed by atoms with Gasteiger partial charge in [0.1, 0.15) is 5.82 Å². The molecule has 0 aliphatic heterocycles. The van der Waals surface area contributed by atoms with Crippen molar-refractivity contribution in [2.75, 3.05) is 0 Å². The molecule has 0 bridgehead atoms. The molecule has 0 aliphatic carbocycles. The molecule has 0 amide bonds. The van der Waals surface area contributed by atoms with Crippen LogP contribution in [0.4, 0.5) is 0 Å². The number of fused-ring (bicyclic) bond motifs is 2. The lowest BCUT2D eigenvalue weighted by molar-refractivity contribution is 0.104. The van der Waals surface area contributed by atoms with E-state index >= 15 is 0 Å². The molecule has 0 unspecified atom stereocenters. The second kappa shape index (κ2) is 8.22. The van der Waals surface area contributed by atoms with Crippen molar-refractivity contribution in [1.29, 1.82) is 0 Å². The summed E-state index contributed by atoms with van der Waals surface area (Å²) >= 11 is 6.30. The van der Waals surface area contributed by atoms with Gasteiger partial charge in [0, 0.05) is 19.0 Å². The Hall–Kier alpha value is -2.91. The lowest BCUT2D eigenvalue weighted by Crippen LogP contribution is -2.00. The lowest BCUT2D eigenvalue weighted by Gasteiger charge is -2.04. The fourth-order valence-corrected chi connectivity index (χ4v) is 3.89. The van der Waals surface area contributed by atoms with Crippen LogP contribution in [-0.4, -0.2) is 15.3 Å². The third-order valence-electron chi connectivity index (χ3n) is 5.32. The summed E-state index contributed by atoms with van der Waals surface area (Å²) in [5.74, 6) is 0.897. The van der Waals surface area contributed by atoms with Gasteiger partial charge in [0.2, 0.25) is 0 Å². The van der Waals surface area contributed by atoms with E-state index in [9.17, 15) is 4.79 Å². The molecule has 1 heterocycles. The van der Waals surface area contributed by atoms with Gasteiger partial charge in [-0.15, -0.1) is 0 Å². The van der Waals surface area contributed by atoms with Gasteiger partial charge in [-0.05, 0) is 58.3 Å². The molecule has 4 rings (SSSR count). The van der Waals surface area contributed by atoms with Crippen LogP contribution in [0.15, 0.2) is 60.7 Å². The molecular weight excluding hydrogens is 380 g/mol. The zero-order valence-corrected chi connectivity index (χ0v) is 17.4. The first-order chi connectivity index (χ1) is 14.1. The van der Waals surface area contributed by atoms with Crippen molar-refractivity contribution in [3.8, 4) is 0 Å². The number of carbonyl (C=O) groups is 1. The predicted molar refractivity (Wildman–Crippen MR) is 122 cm³/mol. The molecule has 0 radical (unpaired) electrons. The van der Waals surface area contributed by atoms with Gasteiger partial charge < -0.3 is 4.57 Å². The van der Waals surface area contributed by atoms with Crippen molar-refractivity contribution in [3.05, 3.63) is 82.9 Å². The number of benzene rings is 3. The maximum atomic E-state index is 12.8. The number of rotatable bonds is 6. The third-order valence-corrected chi connectivity index (χ3v) is 5.60. The molecule has 4 aromatic rings. The second-order valence-corrected chi connectivity index (χ2v) is 7.68. The molecular formula is C25H23ClN2O. The summed E-state index contributed by atoms with van der Waals surface area (Å²) in [6, 6.07) is 18.4. The highest BCUT2D eigenvalue weighted by Crippen LogP contribution is 2.24. The summed E-state index contributed by atoms with van der Waals surface area (Å²) in [5, 5.41) is 4.99. The van der Waals surface area contributed by atoms with E-state index in [4.69, 9.17) is 11.6 Å². The van der Waals surface area contributed by atoms with Crippen LogP contribution in [0.5, 0.6) is 0 Å². The Balaban J connectivity index is 1.62. The average molecular weight is 403 g/mol. The van der Waals surface area contributed by atoms with Crippen LogP contribution in [-0.2, 0) is 13.5 Å². The van der Waals surface area contributed by atoms with Crippen molar-refractivity contribution in [1.82, 2.24) is 9.55 Å². The normalized spacial score (nSPS) is 11.7. The SMILES string of the molecule is CCCCc1nc(Cl)c(/C=C/C(=O)c2ccc3cc4ccccc4cc3c2)n1C. The minimum Gasteiger partial charge on any atom is -0.330 e. The van der Waals surface area contributed by atoms with Gasteiger partial charge in [0.15, 0.2) is 10.9 Å². The van der Waals surface area contributed by atoms with Crippen molar-refractivity contribution in [2.24, 2.45) is 7.05 Å². The first-order valence-corrected chi connectivity index (χ1v) is 10.3. The van der Waals surface area contributed by atoms with Crippen molar-refractivity contribution in [2.45, 2.75) is 26.2 Å². The standard InChI is InChI=1S/C25H23ClN2O/c1-3-4-9-24-27-25(26)22(28(24)2)12-13-23(29)20-11-10-19-14-17-7-5-6-8-18(17)15-21(19)16-20/h5-8,10-16H,3-4,9H2,1-2H3/b13-12+. The lowest BCUT2D eigenvalue weighted by atomic mass is 10.00. The summed E-state index contributed by atoms with van der Waals surface area (Å²) in [4.78, 5) is 17.2. The molecule has 0 atom stereocenters. The quantitative estimate of drug-likeness (QED) is 0.206. The highest BCUT2D eigenvalue weighted by Gasteiger charge is 2.11. The summed E-state index contributed by atoms with van der Waals surface area (Å²) in [5.41, 5.74) is 1.42. The summed E-state index contributed by atoms with van der Waals surface area (Å²) < 4.78 is 1.97. The number of hydrogen-bond acceptors (Lipinski definition) is 2. The molecule has 0 saturated carbocycles.